The highest BCUT2D eigenvalue weighted by molar-refractivity contribution is 7.18. The summed E-state index contributed by atoms with van der Waals surface area (Å²) in [5, 5.41) is 8.47. The summed E-state index contributed by atoms with van der Waals surface area (Å²) in [6, 6.07) is 9.41. The maximum atomic E-state index is 6.18. The predicted octanol–water partition coefficient (Wildman–Crippen LogP) is 5.71. The van der Waals surface area contributed by atoms with Gasteiger partial charge in [-0.1, -0.05) is 12.6 Å². The molecule has 0 N–H and O–H groups in total. The van der Waals surface area contributed by atoms with E-state index >= 15 is 0 Å². The van der Waals surface area contributed by atoms with Crippen LogP contribution in [0, 0.1) is 0 Å². The molecule has 0 bridgehead atoms. The summed E-state index contributed by atoms with van der Waals surface area (Å²) in [7, 11) is 3.19. The summed E-state index contributed by atoms with van der Waals surface area (Å²) in [6.07, 6.45) is 5.31. The third-order valence-corrected chi connectivity index (χ3v) is 7.29. The van der Waals surface area contributed by atoms with Gasteiger partial charge in [0, 0.05) is 41.0 Å². The van der Waals surface area contributed by atoms with E-state index in [9.17, 15) is 0 Å². The van der Waals surface area contributed by atoms with E-state index in [1.54, 1.807) is 37.3 Å². The summed E-state index contributed by atoms with van der Waals surface area (Å²) in [4.78, 5) is 14.2. The molecule has 11 heteroatoms. The second-order valence-corrected chi connectivity index (χ2v) is 9.50. The van der Waals surface area contributed by atoms with Crippen molar-refractivity contribution in [2.45, 2.75) is 6.61 Å². The number of benzene rings is 1. The lowest BCUT2D eigenvalue weighted by molar-refractivity contribution is 0.303. The number of nitrogens with zero attached hydrogens (tertiary/aromatic N) is 5. The van der Waals surface area contributed by atoms with Crippen LogP contribution in [0.3, 0.4) is 0 Å². The molecule has 0 aliphatic rings. The number of aromatic nitrogens is 5. The lowest BCUT2D eigenvalue weighted by atomic mass is 10.1. The minimum atomic E-state index is 0.281. The van der Waals surface area contributed by atoms with Crippen molar-refractivity contribution in [3.8, 4) is 28.1 Å². The van der Waals surface area contributed by atoms with Crippen LogP contribution in [-0.2, 0) is 6.61 Å². The largest absolute Gasteiger partial charge is 0.496 e. The molecule has 6 aromatic rings. The fourth-order valence-corrected chi connectivity index (χ4v) is 5.16. The molecule has 5 heterocycles. The van der Waals surface area contributed by atoms with E-state index < -0.39 is 0 Å². The van der Waals surface area contributed by atoms with Gasteiger partial charge in [-0.3, -0.25) is 4.98 Å². The van der Waals surface area contributed by atoms with Crippen LogP contribution in [0.5, 0.6) is 16.7 Å². The second-order valence-electron chi connectivity index (χ2n) is 7.73. The molecule has 0 aliphatic heterocycles. The van der Waals surface area contributed by atoms with E-state index in [1.165, 1.54) is 22.7 Å². The number of methoxy groups -OCH3 is 2. The minimum absolute atomic E-state index is 0.281. The van der Waals surface area contributed by atoms with Crippen LogP contribution < -0.4 is 14.2 Å². The Balaban J connectivity index is 1.27. The molecule has 9 nitrogen and oxygen atoms in total. The van der Waals surface area contributed by atoms with E-state index in [-0.39, 0.29) is 6.61 Å². The predicted molar refractivity (Wildman–Crippen MR) is 138 cm³/mol. The molecule has 0 spiro atoms. The zero-order valence-electron chi connectivity index (χ0n) is 19.3. The van der Waals surface area contributed by atoms with Gasteiger partial charge in [-0.15, -0.1) is 16.4 Å². The van der Waals surface area contributed by atoms with Crippen molar-refractivity contribution in [1.29, 1.82) is 0 Å². The molecule has 5 aromatic heterocycles. The number of imidazole rings is 1. The highest BCUT2D eigenvalue weighted by Gasteiger charge is 2.17. The van der Waals surface area contributed by atoms with Crippen LogP contribution in [0.4, 0.5) is 0 Å². The Kier molecular flexibility index (Phi) is 5.62. The molecule has 0 radical (unpaired) electrons. The third kappa shape index (κ3) is 4.08. The monoisotopic (exact) mass is 517 g/mol. The smallest absolute Gasteiger partial charge is 0.294 e. The lowest BCUT2D eigenvalue weighted by Gasteiger charge is -2.08. The quantitative estimate of drug-likeness (QED) is 0.253. The van der Waals surface area contributed by atoms with Gasteiger partial charge < -0.3 is 18.6 Å². The van der Waals surface area contributed by atoms with E-state index in [0.717, 1.165) is 27.2 Å². The minimum Gasteiger partial charge on any atom is -0.496 e. The number of furan rings is 1. The Bertz CT molecular complexity index is 1670. The Hall–Kier alpha value is -4.22. The van der Waals surface area contributed by atoms with Gasteiger partial charge in [0.2, 0.25) is 4.96 Å². The molecular weight excluding hydrogens is 498 g/mol. The summed E-state index contributed by atoms with van der Waals surface area (Å²) >= 11 is 2.87. The van der Waals surface area contributed by atoms with Gasteiger partial charge in [0.05, 0.1) is 31.5 Å². The zero-order valence-corrected chi connectivity index (χ0v) is 20.9. The van der Waals surface area contributed by atoms with Crippen molar-refractivity contribution in [3.05, 3.63) is 77.1 Å². The van der Waals surface area contributed by atoms with Crippen molar-refractivity contribution in [2.24, 2.45) is 0 Å². The first kappa shape index (κ1) is 22.3. The topological polar surface area (TPSA) is 96.8 Å². The van der Waals surface area contributed by atoms with E-state index in [0.29, 0.717) is 38.7 Å². The molecular formula is C25H19N5O4S2. The average Bonchev–Trinajstić information content (AvgIpc) is 3.69. The number of rotatable bonds is 8. The molecule has 0 saturated heterocycles. The molecule has 0 saturated carbocycles. The number of hydrogen-bond acceptors (Lipinski definition) is 10. The van der Waals surface area contributed by atoms with E-state index in [1.807, 2.05) is 35.7 Å². The van der Waals surface area contributed by atoms with E-state index in [2.05, 4.69) is 21.6 Å². The number of thiazole rings is 1. The van der Waals surface area contributed by atoms with Gasteiger partial charge in [0.1, 0.15) is 34.4 Å². The SMILES string of the molecule is C=C(c1cccnc1)c1nc(COc2cc(OC)cc3oc(-c4cn5nc(OC)sc5n4)cc23)cs1. The number of hydrogen-bond donors (Lipinski definition) is 0. The fourth-order valence-electron chi connectivity index (χ4n) is 3.66. The molecule has 0 amide bonds. The standard InChI is InChI=1S/C25H19N5O4S2/c1-14(15-5-4-6-26-10-15)23-27-16(13-35-23)12-33-20-7-17(31-2)8-21-18(20)9-22(34-21)19-11-30-24(28-19)36-25(29-30)32-3/h4-11,13H,1,12H2,2-3H3. The van der Waals surface area contributed by atoms with Crippen molar-refractivity contribution >= 4 is 44.2 Å². The second kappa shape index (κ2) is 9.10. The molecule has 0 unspecified atom stereocenters. The maximum absolute atomic E-state index is 6.18. The first-order chi connectivity index (χ1) is 17.6. The van der Waals surface area contributed by atoms with Crippen LogP contribution >= 0.6 is 22.7 Å². The van der Waals surface area contributed by atoms with Crippen LogP contribution in [0.15, 0.2) is 65.3 Å². The highest BCUT2D eigenvalue weighted by atomic mass is 32.1. The zero-order chi connectivity index (χ0) is 24.6. The Labute approximate surface area is 213 Å². The molecule has 36 heavy (non-hydrogen) atoms. The normalized spacial score (nSPS) is 11.3. The average molecular weight is 518 g/mol. The highest BCUT2D eigenvalue weighted by Crippen LogP contribution is 2.37. The van der Waals surface area contributed by atoms with Gasteiger partial charge in [0.15, 0.2) is 5.76 Å². The van der Waals surface area contributed by atoms with Crippen LogP contribution in [0.25, 0.3) is 33.0 Å². The van der Waals surface area contributed by atoms with Gasteiger partial charge in [-0.05, 0) is 23.5 Å². The van der Waals surface area contributed by atoms with Crippen LogP contribution in [0.2, 0.25) is 0 Å². The van der Waals surface area contributed by atoms with Gasteiger partial charge >= 0.3 is 0 Å². The summed E-state index contributed by atoms with van der Waals surface area (Å²) in [6.45, 7) is 4.44. The van der Waals surface area contributed by atoms with Crippen molar-refractivity contribution in [1.82, 2.24) is 24.6 Å². The maximum Gasteiger partial charge on any atom is 0.294 e. The van der Waals surface area contributed by atoms with Crippen LogP contribution in [0.1, 0.15) is 16.3 Å². The van der Waals surface area contributed by atoms with Gasteiger partial charge in [0.25, 0.3) is 5.19 Å². The van der Waals surface area contributed by atoms with Crippen LogP contribution in [-0.4, -0.2) is 38.8 Å². The Morgan fingerprint density at radius 3 is 2.86 bits per heavy atom. The third-order valence-electron chi connectivity index (χ3n) is 5.46. The molecule has 180 valence electrons. The first-order valence-corrected chi connectivity index (χ1v) is 12.5. The van der Waals surface area contributed by atoms with Crippen molar-refractivity contribution in [2.75, 3.05) is 14.2 Å². The van der Waals surface area contributed by atoms with Gasteiger partial charge in [-0.2, -0.15) is 0 Å². The summed E-state index contributed by atoms with van der Waals surface area (Å²) < 4.78 is 24.6. The lowest BCUT2D eigenvalue weighted by Crippen LogP contribution is -1.97. The number of pyridine rings is 1. The number of ether oxygens (including phenoxy) is 3. The van der Waals surface area contributed by atoms with Crippen molar-refractivity contribution in [3.63, 3.8) is 0 Å². The van der Waals surface area contributed by atoms with E-state index in [4.69, 9.17) is 23.6 Å². The number of fused-ring (bicyclic) bond motifs is 2. The Morgan fingerprint density at radius 1 is 1.17 bits per heavy atom. The van der Waals surface area contributed by atoms with Crippen molar-refractivity contribution < 1.29 is 18.6 Å². The molecule has 1 aromatic carbocycles. The fraction of sp³-hybridized carbons (Fsp3) is 0.120. The molecule has 6 rings (SSSR count). The van der Waals surface area contributed by atoms with Gasteiger partial charge in [-0.25, -0.2) is 14.5 Å². The molecule has 0 aliphatic carbocycles. The summed E-state index contributed by atoms with van der Waals surface area (Å²) in [5.74, 6) is 1.85. The Morgan fingerprint density at radius 2 is 2.08 bits per heavy atom. The summed E-state index contributed by atoms with van der Waals surface area (Å²) in [5.41, 5.74) is 3.86. The molecule has 0 fully saturated rings. The first-order valence-electron chi connectivity index (χ1n) is 10.8. The molecule has 0 atom stereocenters.